The van der Waals surface area contributed by atoms with E-state index in [0.29, 0.717) is 12.8 Å². The van der Waals surface area contributed by atoms with Crippen LogP contribution in [0.15, 0.2) is 23.8 Å². The summed E-state index contributed by atoms with van der Waals surface area (Å²) in [5.41, 5.74) is 1.82. The minimum Gasteiger partial charge on any atom is -0.463 e. The highest BCUT2D eigenvalue weighted by molar-refractivity contribution is 5.72. The van der Waals surface area contributed by atoms with E-state index in [-0.39, 0.29) is 19.8 Å². The van der Waals surface area contributed by atoms with Gasteiger partial charge in [0.15, 0.2) is 12.4 Å². The Morgan fingerprint density at radius 2 is 1.88 bits per heavy atom. The van der Waals surface area contributed by atoms with Crippen molar-refractivity contribution in [3.8, 4) is 0 Å². The second-order valence-electron chi connectivity index (χ2n) is 8.16. The fourth-order valence-electron chi connectivity index (χ4n) is 2.96. The number of hydrogen-bond acceptors (Lipinski definition) is 9. The molecule has 1 aliphatic rings. The fourth-order valence-corrected chi connectivity index (χ4v) is 2.96. The standard InChI is InChI=1S/C23H38O9/c1-6-16(4)22(28)32-21-19(26)18(13-30-17(5)25)31-23(20(21)27)29-11-10-14(2)8-7-9-15(3)12-24/h9,16,18-21,23-24,26-27H,2,6-8,10-13H2,1,3-5H3/b15-9-/t16-,18-,19-,20-,21+,23-/m1/s1. The van der Waals surface area contributed by atoms with Crippen LogP contribution in [0.5, 0.6) is 0 Å². The highest BCUT2D eigenvalue weighted by atomic mass is 16.7. The molecular weight excluding hydrogens is 420 g/mol. The van der Waals surface area contributed by atoms with Gasteiger partial charge in [-0.3, -0.25) is 9.59 Å². The molecule has 0 saturated carbocycles. The molecule has 6 atom stereocenters. The maximum absolute atomic E-state index is 12.2. The molecule has 0 aromatic heterocycles. The predicted octanol–water partition coefficient (Wildman–Crippen LogP) is 1.64. The lowest BCUT2D eigenvalue weighted by molar-refractivity contribution is -0.304. The lowest BCUT2D eigenvalue weighted by Gasteiger charge is -2.41. The van der Waals surface area contributed by atoms with Crippen molar-refractivity contribution in [3.05, 3.63) is 23.8 Å². The largest absolute Gasteiger partial charge is 0.463 e. The molecule has 0 spiro atoms. The first kappa shape index (κ1) is 28.3. The monoisotopic (exact) mass is 458 g/mol. The summed E-state index contributed by atoms with van der Waals surface area (Å²) in [7, 11) is 0. The molecule has 0 aromatic carbocycles. The van der Waals surface area contributed by atoms with Crippen molar-refractivity contribution in [2.24, 2.45) is 5.92 Å². The first-order valence-electron chi connectivity index (χ1n) is 11.0. The maximum Gasteiger partial charge on any atom is 0.309 e. The van der Waals surface area contributed by atoms with E-state index in [1.807, 2.05) is 19.9 Å². The van der Waals surface area contributed by atoms with Gasteiger partial charge in [-0.2, -0.15) is 0 Å². The van der Waals surface area contributed by atoms with Gasteiger partial charge in [0.1, 0.15) is 24.9 Å². The van der Waals surface area contributed by atoms with Crippen LogP contribution < -0.4 is 0 Å². The molecular formula is C23H38O9. The lowest BCUT2D eigenvalue weighted by Crippen LogP contribution is -2.61. The Bertz CT molecular complexity index is 645. The molecule has 32 heavy (non-hydrogen) atoms. The normalized spacial score (nSPS) is 27.0. The molecule has 9 nitrogen and oxygen atoms in total. The zero-order chi connectivity index (χ0) is 24.3. The van der Waals surface area contributed by atoms with Crippen molar-refractivity contribution in [2.75, 3.05) is 19.8 Å². The van der Waals surface area contributed by atoms with E-state index in [9.17, 15) is 19.8 Å². The lowest BCUT2D eigenvalue weighted by atomic mass is 9.98. The van der Waals surface area contributed by atoms with E-state index in [2.05, 4.69) is 6.58 Å². The Hall–Kier alpha value is -1.78. The fraction of sp³-hybridized carbons (Fsp3) is 0.739. The molecule has 1 heterocycles. The van der Waals surface area contributed by atoms with Gasteiger partial charge in [-0.15, -0.1) is 0 Å². The number of esters is 2. The number of aliphatic hydroxyl groups excluding tert-OH is 3. The number of allylic oxidation sites excluding steroid dienone is 1. The molecule has 3 N–H and O–H groups in total. The summed E-state index contributed by atoms with van der Waals surface area (Å²) in [6.45, 7) is 10.5. The molecule has 0 aliphatic carbocycles. The van der Waals surface area contributed by atoms with Gasteiger partial charge in [-0.1, -0.05) is 37.6 Å². The third-order valence-corrected chi connectivity index (χ3v) is 5.34. The van der Waals surface area contributed by atoms with E-state index in [1.165, 1.54) is 6.92 Å². The molecule has 184 valence electrons. The Kier molecular flexibility index (Phi) is 12.7. The van der Waals surface area contributed by atoms with Crippen LogP contribution in [-0.2, 0) is 28.5 Å². The Labute approximate surface area is 190 Å². The summed E-state index contributed by atoms with van der Waals surface area (Å²) in [4.78, 5) is 23.4. The predicted molar refractivity (Wildman–Crippen MR) is 116 cm³/mol. The van der Waals surface area contributed by atoms with Crippen LogP contribution in [0.4, 0.5) is 0 Å². The van der Waals surface area contributed by atoms with E-state index in [4.69, 9.17) is 24.1 Å². The van der Waals surface area contributed by atoms with Crippen LogP contribution in [0.3, 0.4) is 0 Å². The van der Waals surface area contributed by atoms with Crippen molar-refractivity contribution >= 4 is 11.9 Å². The summed E-state index contributed by atoms with van der Waals surface area (Å²) in [5, 5.41) is 30.2. The van der Waals surface area contributed by atoms with Gasteiger partial charge in [-0.25, -0.2) is 0 Å². The summed E-state index contributed by atoms with van der Waals surface area (Å²) in [5.74, 6) is -1.52. The zero-order valence-electron chi connectivity index (χ0n) is 19.5. The molecule has 0 bridgehead atoms. The van der Waals surface area contributed by atoms with Crippen molar-refractivity contribution in [1.29, 1.82) is 0 Å². The van der Waals surface area contributed by atoms with E-state index < -0.39 is 48.6 Å². The van der Waals surface area contributed by atoms with Crippen LogP contribution in [-0.4, -0.2) is 77.8 Å². The smallest absolute Gasteiger partial charge is 0.309 e. The minimum atomic E-state index is -1.42. The van der Waals surface area contributed by atoms with Gasteiger partial charge >= 0.3 is 11.9 Å². The molecule has 0 aromatic rings. The van der Waals surface area contributed by atoms with Crippen LogP contribution in [0.25, 0.3) is 0 Å². The van der Waals surface area contributed by atoms with E-state index in [0.717, 1.165) is 24.0 Å². The van der Waals surface area contributed by atoms with Crippen molar-refractivity contribution in [2.45, 2.75) is 84.1 Å². The first-order chi connectivity index (χ1) is 15.1. The van der Waals surface area contributed by atoms with Crippen molar-refractivity contribution in [3.63, 3.8) is 0 Å². The topological polar surface area (TPSA) is 132 Å². The second-order valence-corrected chi connectivity index (χ2v) is 8.16. The van der Waals surface area contributed by atoms with Crippen LogP contribution in [0.2, 0.25) is 0 Å². The molecule has 1 aliphatic heterocycles. The quantitative estimate of drug-likeness (QED) is 0.278. The van der Waals surface area contributed by atoms with Gasteiger partial charge in [0.05, 0.1) is 19.1 Å². The molecule has 0 radical (unpaired) electrons. The average Bonchev–Trinajstić information content (AvgIpc) is 2.76. The summed E-state index contributed by atoms with van der Waals surface area (Å²) in [6, 6.07) is 0. The summed E-state index contributed by atoms with van der Waals surface area (Å²) < 4.78 is 21.6. The first-order valence-corrected chi connectivity index (χ1v) is 11.0. The van der Waals surface area contributed by atoms with Gasteiger partial charge in [-0.05, 0) is 32.6 Å². The van der Waals surface area contributed by atoms with Crippen molar-refractivity contribution < 1.29 is 43.9 Å². The molecule has 1 saturated heterocycles. The molecule has 1 rings (SSSR count). The molecule has 0 unspecified atom stereocenters. The van der Waals surface area contributed by atoms with Crippen LogP contribution in [0, 0.1) is 5.92 Å². The number of carbonyl (C=O) groups excluding carboxylic acids is 2. The average molecular weight is 459 g/mol. The highest BCUT2D eigenvalue weighted by Gasteiger charge is 2.48. The van der Waals surface area contributed by atoms with E-state index >= 15 is 0 Å². The number of aliphatic hydroxyl groups is 3. The van der Waals surface area contributed by atoms with Crippen LogP contribution in [0.1, 0.15) is 53.4 Å². The number of rotatable bonds is 13. The van der Waals surface area contributed by atoms with Gasteiger partial charge in [0, 0.05) is 6.92 Å². The van der Waals surface area contributed by atoms with E-state index in [1.54, 1.807) is 6.92 Å². The number of carbonyl (C=O) groups is 2. The van der Waals surface area contributed by atoms with Gasteiger partial charge in [0.2, 0.25) is 0 Å². The zero-order valence-corrected chi connectivity index (χ0v) is 19.5. The Morgan fingerprint density at radius 1 is 1.19 bits per heavy atom. The SMILES string of the molecule is C=C(CC/C=C(/C)CO)CCO[C@@H]1O[C@H](COC(C)=O)[C@@H](O)[C@H](OC(=O)[C@H](C)CC)[C@H]1O. The highest BCUT2D eigenvalue weighted by Crippen LogP contribution is 2.26. The van der Waals surface area contributed by atoms with Gasteiger partial charge < -0.3 is 34.3 Å². The van der Waals surface area contributed by atoms with Gasteiger partial charge in [0.25, 0.3) is 0 Å². The minimum absolute atomic E-state index is 0.0234. The number of hydrogen-bond donors (Lipinski definition) is 3. The third-order valence-electron chi connectivity index (χ3n) is 5.34. The maximum atomic E-state index is 12.2. The second kappa shape index (κ2) is 14.4. The van der Waals surface area contributed by atoms with Crippen LogP contribution >= 0.6 is 0 Å². The molecule has 0 amide bonds. The molecule has 9 heteroatoms. The summed E-state index contributed by atoms with van der Waals surface area (Å²) in [6.07, 6.45) is -1.86. The summed E-state index contributed by atoms with van der Waals surface area (Å²) >= 11 is 0. The van der Waals surface area contributed by atoms with Crippen molar-refractivity contribution in [1.82, 2.24) is 0 Å². The Balaban J connectivity index is 2.73. The number of ether oxygens (including phenoxy) is 4. The third kappa shape index (κ3) is 9.38. The Morgan fingerprint density at radius 3 is 2.47 bits per heavy atom. The molecule has 1 fully saturated rings.